The van der Waals surface area contributed by atoms with Crippen LogP contribution in [0.1, 0.15) is 48.8 Å². The standard InChI is InChI=1S/C34H32F7NO5S/c1-21-4-2-5-24(18-21)25-6-3-7-28(19-25)48(46,47)31(16-17-42(20-31)29(43)22-8-10-23(11-9-22)30(44)45)26-12-14-27(15-13-26)32(35,33(36,37)38)34(39,40)41/h2-7,12-15,18-19,22-23H,8-11,16-17,20H2,1H3,(H,44,45). The second kappa shape index (κ2) is 12.5. The van der Waals surface area contributed by atoms with E-state index in [1.807, 2.05) is 19.1 Å². The lowest BCUT2D eigenvalue weighted by Gasteiger charge is -2.33. The van der Waals surface area contributed by atoms with Crippen molar-refractivity contribution in [1.29, 1.82) is 0 Å². The molecule has 1 N–H and O–H groups in total. The molecule has 1 heterocycles. The Hall–Kier alpha value is -3.94. The Morgan fingerprint density at radius 2 is 1.33 bits per heavy atom. The SMILES string of the molecule is Cc1cccc(-c2cccc(S(=O)(=O)C3(c4ccc(C(F)(C(F)(F)F)C(F)(F)F)cc4)CCN(C(=O)C4CCC(C(=O)O)CC4)C3)c2)c1. The lowest BCUT2D eigenvalue weighted by molar-refractivity contribution is -0.348. The van der Waals surface area contributed by atoms with E-state index in [0.717, 1.165) is 17.7 Å². The van der Waals surface area contributed by atoms with Crippen LogP contribution in [0.4, 0.5) is 30.7 Å². The minimum Gasteiger partial charge on any atom is -0.481 e. The van der Waals surface area contributed by atoms with Crippen LogP contribution >= 0.6 is 0 Å². The fourth-order valence-electron chi connectivity index (χ4n) is 6.81. The maximum atomic E-state index is 14.9. The Bertz CT molecular complexity index is 1790. The molecule has 1 saturated carbocycles. The molecule has 14 heteroatoms. The average molecular weight is 700 g/mol. The molecule has 1 aliphatic carbocycles. The van der Waals surface area contributed by atoms with Gasteiger partial charge in [-0.05, 0) is 67.9 Å². The molecule has 3 aromatic rings. The molecule has 2 aliphatic rings. The van der Waals surface area contributed by atoms with Gasteiger partial charge in [0.1, 0.15) is 4.75 Å². The topological polar surface area (TPSA) is 91.8 Å². The summed E-state index contributed by atoms with van der Waals surface area (Å²) in [6, 6.07) is 15.2. The van der Waals surface area contributed by atoms with E-state index in [2.05, 4.69) is 0 Å². The molecule has 48 heavy (non-hydrogen) atoms. The highest BCUT2D eigenvalue weighted by atomic mass is 32.2. The number of hydrogen-bond acceptors (Lipinski definition) is 4. The predicted molar refractivity (Wildman–Crippen MR) is 161 cm³/mol. The van der Waals surface area contributed by atoms with Gasteiger partial charge in [0.2, 0.25) is 5.91 Å². The summed E-state index contributed by atoms with van der Waals surface area (Å²) in [6.07, 6.45) is -12.0. The molecule has 0 radical (unpaired) electrons. The molecule has 1 saturated heterocycles. The van der Waals surface area contributed by atoms with Crippen LogP contribution in [-0.2, 0) is 29.8 Å². The number of halogens is 7. The van der Waals surface area contributed by atoms with Crippen molar-refractivity contribution in [3.8, 4) is 11.1 Å². The zero-order valence-corrected chi connectivity index (χ0v) is 26.4. The molecular weight excluding hydrogens is 667 g/mol. The van der Waals surface area contributed by atoms with Crippen molar-refractivity contribution in [2.24, 2.45) is 11.8 Å². The third-order valence-electron chi connectivity index (χ3n) is 9.57. The quantitative estimate of drug-likeness (QED) is 0.255. The van der Waals surface area contributed by atoms with Crippen LogP contribution in [0.15, 0.2) is 77.7 Å². The number of amides is 1. The maximum Gasteiger partial charge on any atom is 0.435 e. The normalized spacial score (nSPS) is 22.5. The number of carbonyl (C=O) groups excluding carboxylic acids is 1. The van der Waals surface area contributed by atoms with Crippen LogP contribution in [0, 0.1) is 18.8 Å². The second-order valence-electron chi connectivity index (χ2n) is 12.5. The minimum atomic E-state index is -6.36. The van der Waals surface area contributed by atoms with Crippen molar-refractivity contribution >= 4 is 21.7 Å². The Balaban J connectivity index is 1.58. The Labute approximate surface area is 272 Å². The van der Waals surface area contributed by atoms with Crippen LogP contribution in [-0.4, -0.2) is 55.7 Å². The summed E-state index contributed by atoms with van der Waals surface area (Å²) < 4.78 is 123. The van der Waals surface area contributed by atoms with Crippen molar-refractivity contribution in [3.63, 3.8) is 0 Å². The Morgan fingerprint density at radius 3 is 1.88 bits per heavy atom. The van der Waals surface area contributed by atoms with Gasteiger partial charge in [-0.1, -0.05) is 66.2 Å². The summed E-state index contributed by atoms with van der Waals surface area (Å²) >= 11 is 0. The molecule has 1 unspecified atom stereocenters. The number of hydrogen-bond donors (Lipinski definition) is 1. The van der Waals surface area contributed by atoms with Crippen LogP contribution < -0.4 is 0 Å². The van der Waals surface area contributed by atoms with Gasteiger partial charge in [-0.25, -0.2) is 12.8 Å². The van der Waals surface area contributed by atoms with Gasteiger partial charge in [-0.2, -0.15) is 26.3 Å². The van der Waals surface area contributed by atoms with E-state index in [4.69, 9.17) is 0 Å². The highest BCUT2D eigenvalue weighted by Crippen LogP contribution is 2.54. The monoisotopic (exact) mass is 699 g/mol. The molecule has 1 amide bonds. The summed E-state index contributed by atoms with van der Waals surface area (Å²) in [7, 11) is -4.53. The Morgan fingerprint density at radius 1 is 0.792 bits per heavy atom. The molecular formula is C34H32F7NO5S. The number of alkyl halides is 7. The molecule has 0 bridgehead atoms. The smallest absolute Gasteiger partial charge is 0.435 e. The van der Waals surface area contributed by atoms with Crippen molar-refractivity contribution in [2.45, 2.75) is 66.7 Å². The van der Waals surface area contributed by atoms with Gasteiger partial charge >= 0.3 is 24.0 Å². The number of carboxylic acids is 1. The highest BCUT2D eigenvalue weighted by molar-refractivity contribution is 7.92. The van der Waals surface area contributed by atoms with E-state index in [-0.39, 0.29) is 61.2 Å². The zero-order valence-electron chi connectivity index (χ0n) is 25.6. The number of benzene rings is 3. The summed E-state index contributed by atoms with van der Waals surface area (Å²) in [5, 5.41) is 9.32. The summed E-state index contributed by atoms with van der Waals surface area (Å²) in [4.78, 5) is 26.1. The zero-order chi connectivity index (χ0) is 35.3. The van der Waals surface area contributed by atoms with Gasteiger partial charge in [-0.3, -0.25) is 9.59 Å². The first-order valence-electron chi connectivity index (χ1n) is 15.2. The number of aryl methyl sites for hydroxylation is 1. The highest BCUT2D eigenvalue weighted by Gasteiger charge is 2.73. The molecule has 1 atom stereocenters. The first kappa shape index (κ1) is 35.4. The number of rotatable bonds is 7. The largest absolute Gasteiger partial charge is 0.481 e. The van der Waals surface area contributed by atoms with Crippen molar-refractivity contribution in [3.05, 3.63) is 89.5 Å². The number of sulfone groups is 1. The van der Waals surface area contributed by atoms with Gasteiger partial charge in [-0.15, -0.1) is 0 Å². The van der Waals surface area contributed by atoms with Gasteiger partial charge in [0.25, 0.3) is 0 Å². The molecule has 0 spiro atoms. The van der Waals surface area contributed by atoms with E-state index in [0.29, 0.717) is 11.1 Å². The fraction of sp³-hybridized carbons (Fsp3) is 0.412. The lowest BCUT2D eigenvalue weighted by atomic mass is 9.81. The third kappa shape index (κ3) is 6.07. The van der Waals surface area contributed by atoms with Crippen molar-refractivity contribution in [2.75, 3.05) is 13.1 Å². The number of likely N-dealkylation sites (tertiary alicyclic amines) is 1. The van der Waals surface area contributed by atoms with E-state index in [1.165, 1.54) is 23.1 Å². The summed E-state index contributed by atoms with van der Waals surface area (Å²) in [5.41, 5.74) is -5.54. The minimum absolute atomic E-state index is 0.103. The van der Waals surface area contributed by atoms with Crippen LogP contribution in [0.2, 0.25) is 0 Å². The molecule has 0 aromatic heterocycles. The number of nitrogens with zero attached hydrogens (tertiary/aromatic N) is 1. The fourth-order valence-corrected chi connectivity index (χ4v) is 8.93. The first-order chi connectivity index (χ1) is 22.3. The van der Waals surface area contributed by atoms with Crippen LogP contribution in [0.25, 0.3) is 11.1 Å². The van der Waals surface area contributed by atoms with Crippen molar-refractivity contribution in [1.82, 2.24) is 4.90 Å². The Kier molecular flexibility index (Phi) is 9.21. The number of carboxylic acid groups (broad SMARTS) is 1. The van der Waals surface area contributed by atoms with Gasteiger partial charge in [0, 0.05) is 24.6 Å². The summed E-state index contributed by atoms with van der Waals surface area (Å²) in [6.45, 7) is 1.28. The molecule has 258 valence electrons. The van der Waals surface area contributed by atoms with E-state index in [9.17, 15) is 53.8 Å². The van der Waals surface area contributed by atoms with E-state index >= 15 is 0 Å². The molecule has 1 aliphatic heterocycles. The van der Waals surface area contributed by atoms with E-state index < -0.39 is 68.4 Å². The summed E-state index contributed by atoms with van der Waals surface area (Å²) in [5.74, 6) is -2.59. The van der Waals surface area contributed by atoms with E-state index in [1.54, 1.807) is 18.2 Å². The molecule has 6 nitrogen and oxygen atoms in total. The first-order valence-corrected chi connectivity index (χ1v) is 16.7. The number of carbonyl (C=O) groups is 2. The molecule has 3 aromatic carbocycles. The average Bonchev–Trinajstić information content (AvgIpc) is 3.51. The molecule has 2 fully saturated rings. The predicted octanol–water partition coefficient (Wildman–Crippen LogP) is 7.74. The second-order valence-corrected chi connectivity index (χ2v) is 14.8. The third-order valence-corrected chi connectivity index (χ3v) is 12.0. The van der Waals surface area contributed by atoms with Crippen molar-refractivity contribution < 1.29 is 53.8 Å². The van der Waals surface area contributed by atoms with Gasteiger partial charge in [0.05, 0.1) is 10.8 Å². The van der Waals surface area contributed by atoms with Crippen LogP contribution in [0.5, 0.6) is 0 Å². The number of aliphatic carboxylic acids is 1. The maximum absolute atomic E-state index is 14.9. The van der Waals surface area contributed by atoms with Gasteiger partial charge < -0.3 is 10.0 Å². The lowest BCUT2D eigenvalue weighted by Crippen LogP contribution is -2.50. The van der Waals surface area contributed by atoms with Crippen LogP contribution in [0.3, 0.4) is 0 Å². The van der Waals surface area contributed by atoms with Gasteiger partial charge in [0.15, 0.2) is 9.84 Å². The molecule has 5 rings (SSSR count).